The van der Waals surface area contributed by atoms with E-state index in [2.05, 4.69) is 17.2 Å². The number of aromatic nitrogens is 1. The van der Waals surface area contributed by atoms with E-state index in [0.29, 0.717) is 18.0 Å². The van der Waals surface area contributed by atoms with Gasteiger partial charge in [-0.3, -0.25) is 4.79 Å². The van der Waals surface area contributed by atoms with Gasteiger partial charge in [-0.15, -0.1) is 10.2 Å². The second-order valence-electron chi connectivity index (χ2n) is 7.29. The minimum atomic E-state index is -0.177. The number of hydrogen-bond acceptors (Lipinski definition) is 4. The minimum absolute atomic E-state index is 0.0305. The van der Waals surface area contributed by atoms with E-state index >= 15 is 0 Å². The molecule has 1 heterocycles. The van der Waals surface area contributed by atoms with E-state index in [1.807, 2.05) is 22.8 Å². The maximum atomic E-state index is 12.4. The predicted octanol–water partition coefficient (Wildman–Crippen LogP) is 5.74. The number of carbonyl (C=O) groups excluding carboxylic acids is 1. The standard InChI is InChI=1S/C21H29N3O3/c1-3-4-8-13-24-18-12-11-16(27-2)14-17(18)19(21(24)26)22-23-20(25)15-9-6-5-7-10-15/h11-12,14-15,26H,3-10,13H2,1-2H3. The number of hydrogen-bond donors (Lipinski definition) is 1. The molecule has 1 aromatic heterocycles. The second kappa shape index (κ2) is 9.02. The van der Waals surface area contributed by atoms with E-state index < -0.39 is 0 Å². The molecule has 6 nitrogen and oxygen atoms in total. The molecule has 0 spiro atoms. The van der Waals surface area contributed by atoms with Gasteiger partial charge in [0.05, 0.1) is 12.6 Å². The Morgan fingerprint density at radius 2 is 2.04 bits per heavy atom. The first-order valence-corrected chi connectivity index (χ1v) is 10.0. The number of nitrogens with zero attached hydrogens (tertiary/aromatic N) is 3. The summed E-state index contributed by atoms with van der Waals surface area (Å²) in [6.45, 7) is 2.85. The summed E-state index contributed by atoms with van der Waals surface area (Å²) in [6, 6.07) is 5.62. The molecule has 3 rings (SSSR count). The number of carbonyl (C=O) groups is 1. The lowest BCUT2D eigenvalue weighted by Crippen LogP contribution is -2.15. The summed E-state index contributed by atoms with van der Waals surface area (Å²) < 4.78 is 7.17. The molecule has 1 aliphatic rings. The average Bonchev–Trinajstić information content (AvgIpc) is 2.97. The Morgan fingerprint density at radius 3 is 2.74 bits per heavy atom. The van der Waals surface area contributed by atoms with E-state index in [0.717, 1.165) is 55.8 Å². The second-order valence-corrected chi connectivity index (χ2v) is 7.29. The largest absolute Gasteiger partial charge is 0.497 e. The first-order chi connectivity index (χ1) is 13.2. The van der Waals surface area contributed by atoms with Gasteiger partial charge >= 0.3 is 0 Å². The zero-order chi connectivity index (χ0) is 19.2. The lowest BCUT2D eigenvalue weighted by Gasteiger charge is -2.17. The highest BCUT2D eigenvalue weighted by atomic mass is 16.5. The van der Waals surface area contributed by atoms with Crippen molar-refractivity contribution in [3.63, 3.8) is 0 Å². The van der Waals surface area contributed by atoms with E-state index in [1.54, 1.807) is 7.11 Å². The summed E-state index contributed by atoms with van der Waals surface area (Å²) in [7, 11) is 1.60. The monoisotopic (exact) mass is 371 g/mol. The maximum Gasteiger partial charge on any atom is 0.267 e. The Labute approximate surface area is 160 Å². The Bertz CT molecular complexity index is 820. The van der Waals surface area contributed by atoms with E-state index in [1.165, 1.54) is 6.42 Å². The molecule has 1 N–H and O–H groups in total. The normalized spacial score (nSPS) is 15.6. The highest BCUT2D eigenvalue weighted by Crippen LogP contribution is 2.41. The predicted molar refractivity (Wildman–Crippen MR) is 106 cm³/mol. The average molecular weight is 371 g/mol. The molecular weight excluding hydrogens is 342 g/mol. The molecule has 146 valence electrons. The smallest absolute Gasteiger partial charge is 0.267 e. The Hall–Kier alpha value is -2.37. The lowest BCUT2D eigenvalue weighted by molar-refractivity contribution is -0.122. The van der Waals surface area contributed by atoms with Crippen LogP contribution in [0.5, 0.6) is 11.6 Å². The van der Waals surface area contributed by atoms with Gasteiger partial charge in [-0.1, -0.05) is 39.0 Å². The molecule has 6 heteroatoms. The van der Waals surface area contributed by atoms with Crippen LogP contribution in [0.25, 0.3) is 10.9 Å². The molecule has 2 aromatic rings. The van der Waals surface area contributed by atoms with Gasteiger partial charge in [0, 0.05) is 17.8 Å². The van der Waals surface area contributed by atoms with Crippen molar-refractivity contribution in [2.75, 3.05) is 7.11 Å². The van der Waals surface area contributed by atoms with Crippen molar-refractivity contribution < 1.29 is 14.6 Å². The van der Waals surface area contributed by atoms with Gasteiger partial charge in [0.2, 0.25) is 5.88 Å². The Balaban J connectivity index is 1.93. The van der Waals surface area contributed by atoms with E-state index in [9.17, 15) is 9.90 Å². The molecule has 0 aliphatic heterocycles. The summed E-state index contributed by atoms with van der Waals surface area (Å²) in [5.41, 5.74) is 1.23. The van der Waals surface area contributed by atoms with Crippen molar-refractivity contribution in [1.82, 2.24) is 4.57 Å². The zero-order valence-corrected chi connectivity index (χ0v) is 16.3. The molecule has 0 atom stereocenters. The van der Waals surface area contributed by atoms with Gasteiger partial charge in [0.1, 0.15) is 5.75 Å². The number of methoxy groups -OCH3 is 1. The Morgan fingerprint density at radius 1 is 1.26 bits per heavy atom. The molecule has 1 aromatic carbocycles. The van der Waals surface area contributed by atoms with Crippen molar-refractivity contribution in [2.45, 2.75) is 64.8 Å². The van der Waals surface area contributed by atoms with Crippen LogP contribution in [0.1, 0.15) is 58.3 Å². The molecule has 0 bridgehead atoms. The van der Waals surface area contributed by atoms with Gasteiger partial charge in [-0.2, -0.15) is 0 Å². The lowest BCUT2D eigenvalue weighted by atomic mass is 9.89. The molecule has 0 radical (unpaired) electrons. The summed E-state index contributed by atoms with van der Waals surface area (Å²) in [6.07, 6.45) is 8.27. The summed E-state index contributed by atoms with van der Waals surface area (Å²) in [5, 5.41) is 19.7. The molecule has 1 aliphatic carbocycles. The fraction of sp³-hybridized carbons (Fsp3) is 0.571. The first kappa shape index (κ1) is 19.4. The van der Waals surface area contributed by atoms with Crippen LogP contribution in [0.4, 0.5) is 5.69 Å². The molecule has 27 heavy (non-hydrogen) atoms. The molecular formula is C21H29N3O3. The van der Waals surface area contributed by atoms with Gasteiger partial charge in [-0.05, 0) is 37.5 Å². The summed E-state index contributed by atoms with van der Waals surface area (Å²) in [5.74, 6) is 0.541. The fourth-order valence-corrected chi connectivity index (χ4v) is 3.80. The highest BCUT2D eigenvalue weighted by Gasteiger charge is 2.22. The zero-order valence-electron chi connectivity index (χ0n) is 16.3. The number of amides is 1. The number of azo groups is 1. The van der Waals surface area contributed by atoms with Gasteiger partial charge in [-0.25, -0.2) is 0 Å². The third-order valence-electron chi connectivity index (χ3n) is 5.41. The molecule has 0 saturated heterocycles. The van der Waals surface area contributed by atoms with Crippen LogP contribution in [-0.2, 0) is 11.3 Å². The number of aryl methyl sites for hydroxylation is 1. The van der Waals surface area contributed by atoms with Crippen LogP contribution in [0.15, 0.2) is 28.4 Å². The van der Waals surface area contributed by atoms with Crippen LogP contribution >= 0.6 is 0 Å². The summed E-state index contributed by atoms with van der Waals surface area (Å²) in [4.78, 5) is 12.4. The van der Waals surface area contributed by atoms with Crippen molar-refractivity contribution in [3.05, 3.63) is 18.2 Å². The quantitative estimate of drug-likeness (QED) is 0.498. The van der Waals surface area contributed by atoms with Crippen molar-refractivity contribution in [3.8, 4) is 11.6 Å². The van der Waals surface area contributed by atoms with Gasteiger partial charge in [0.25, 0.3) is 5.91 Å². The number of ether oxygens (including phenoxy) is 1. The van der Waals surface area contributed by atoms with Crippen molar-refractivity contribution in [2.24, 2.45) is 16.1 Å². The molecule has 1 amide bonds. The number of benzene rings is 1. The van der Waals surface area contributed by atoms with E-state index in [-0.39, 0.29) is 17.7 Å². The third kappa shape index (κ3) is 4.31. The maximum absolute atomic E-state index is 12.4. The van der Waals surface area contributed by atoms with E-state index in [4.69, 9.17) is 4.74 Å². The highest BCUT2D eigenvalue weighted by molar-refractivity contribution is 5.96. The third-order valence-corrected chi connectivity index (χ3v) is 5.41. The molecule has 1 saturated carbocycles. The number of fused-ring (bicyclic) bond motifs is 1. The van der Waals surface area contributed by atoms with Crippen molar-refractivity contribution >= 4 is 22.5 Å². The minimum Gasteiger partial charge on any atom is -0.497 e. The van der Waals surface area contributed by atoms with Gasteiger partial charge in [0.15, 0.2) is 5.69 Å². The number of rotatable bonds is 7. The number of unbranched alkanes of at least 4 members (excludes halogenated alkanes) is 2. The first-order valence-electron chi connectivity index (χ1n) is 10.0. The topological polar surface area (TPSA) is 76.2 Å². The molecule has 0 unspecified atom stereocenters. The van der Waals surface area contributed by atoms with Crippen LogP contribution < -0.4 is 4.74 Å². The van der Waals surface area contributed by atoms with Crippen LogP contribution in [-0.4, -0.2) is 22.7 Å². The SMILES string of the molecule is CCCCCn1c(O)c(N=NC(=O)C2CCCCC2)c2cc(OC)ccc21. The van der Waals surface area contributed by atoms with Gasteiger partial charge < -0.3 is 14.4 Å². The van der Waals surface area contributed by atoms with Crippen LogP contribution in [0.2, 0.25) is 0 Å². The van der Waals surface area contributed by atoms with Crippen molar-refractivity contribution in [1.29, 1.82) is 0 Å². The molecule has 1 fully saturated rings. The van der Waals surface area contributed by atoms with Crippen LogP contribution in [0.3, 0.4) is 0 Å². The number of aromatic hydroxyl groups is 1. The summed E-state index contributed by atoms with van der Waals surface area (Å²) >= 11 is 0. The van der Waals surface area contributed by atoms with Crippen LogP contribution in [0, 0.1) is 5.92 Å². The Kier molecular flexibility index (Phi) is 6.48. The fourth-order valence-electron chi connectivity index (χ4n) is 3.80.